The Balaban J connectivity index is 1.49. The Morgan fingerprint density at radius 3 is 2.61 bits per heavy atom. The van der Waals surface area contributed by atoms with Gasteiger partial charge in [-0.05, 0) is 25.5 Å². The Bertz CT molecular complexity index is 655. The van der Waals surface area contributed by atoms with Crippen LogP contribution in [0, 0.1) is 18.3 Å². The molecule has 0 radical (unpaired) electrons. The van der Waals surface area contributed by atoms with Crippen LogP contribution in [0.4, 0.5) is 0 Å². The summed E-state index contributed by atoms with van der Waals surface area (Å²) in [5.41, 5.74) is 1.17. The molecule has 1 aromatic carbocycles. The van der Waals surface area contributed by atoms with Gasteiger partial charge in [0, 0.05) is 37.1 Å². The van der Waals surface area contributed by atoms with Crippen molar-refractivity contribution in [2.24, 2.45) is 11.3 Å². The third-order valence-corrected chi connectivity index (χ3v) is 6.69. The maximum absolute atomic E-state index is 12.2. The van der Waals surface area contributed by atoms with Crippen molar-refractivity contribution in [3.63, 3.8) is 0 Å². The molecule has 1 aliphatic carbocycles. The van der Waals surface area contributed by atoms with Gasteiger partial charge in [0.25, 0.3) is 0 Å². The predicted molar refractivity (Wildman–Crippen MR) is 89.8 cm³/mol. The zero-order chi connectivity index (χ0) is 16.7. The summed E-state index contributed by atoms with van der Waals surface area (Å²) < 4.78 is 32.9. The van der Waals surface area contributed by atoms with E-state index in [1.165, 1.54) is 0 Å². The van der Waals surface area contributed by atoms with Crippen molar-refractivity contribution in [3.05, 3.63) is 29.8 Å². The lowest BCUT2D eigenvalue weighted by Crippen LogP contribution is -2.66. The molecule has 0 aromatic heterocycles. The second-order valence-electron chi connectivity index (χ2n) is 7.21. The van der Waals surface area contributed by atoms with Gasteiger partial charge >= 0.3 is 0 Å². The summed E-state index contributed by atoms with van der Waals surface area (Å²) in [6, 6.07) is 7.30. The van der Waals surface area contributed by atoms with Crippen molar-refractivity contribution in [1.29, 1.82) is 0 Å². The third kappa shape index (κ3) is 3.18. The summed E-state index contributed by atoms with van der Waals surface area (Å²) in [5, 5.41) is 3.51. The highest BCUT2D eigenvalue weighted by atomic mass is 32.2. The SMILES string of the molecule is Cc1ccc(S(=O)(=O)NCCNC2C3CCOC3C2(C)C)cc1. The highest BCUT2D eigenvalue weighted by molar-refractivity contribution is 7.89. The lowest BCUT2D eigenvalue weighted by atomic mass is 9.57. The molecule has 3 unspecified atom stereocenters. The van der Waals surface area contributed by atoms with Gasteiger partial charge in [0.15, 0.2) is 0 Å². The second-order valence-corrected chi connectivity index (χ2v) is 8.97. The summed E-state index contributed by atoms with van der Waals surface area (Å²) in [5.74, 6) is 0.568. The summed E-state index contributed by atoms with van der Waals surface area (Å²) in [4.78, 5) is 0.316. The first-order valence-corrected chi connectivity index (χ1v) is 9.72. The Morgan fingerprint density at radius 2 is 1.91 bits per heavy atom. The van der Waals surface area contributed by atoms with Crippen LogP contribution in [0.5, 0.6) is 0 Å². The number of nitrogens with one attached hydrogen (secondary N) is 2. The molecule has 1 saturated heterocycles. The van der Waals surface area contributed by atoms with Crippen LogP contribution in [0.2, 0.25) is 0 Å². The number of rotatable bonds is 6. The number of aryl methyl sites for hydroxylation is 1. The molecule has 128 valence electrons. The molecular formula is C17H26N2O3S. The Hall–Kier alpha value is -0.950. The minimum atomic E-state index is -3.42. The molecule has 1 aliphatic heterocycles. The normalized spacial score (nSPS) is 29.1. The van der Waals surface area contributed by atoms with Crippen LogP contribution in [-0.2, 0) is 14.8 Å². The number of benzene rings is 1. The molecule has 0 spiro atoms. The molecule has 6 heteroatoms. The van der Waals surface area contributed by atoms with E-state index < -0.39 is 10.0 Å². The lowest BCUT2D eigenvalue weighted by molar-refractivity contribution is -0.112. The Kier molecular flexibility index (Phi) is 4.53. The summed E-state index contributed by atoms with van der Waals surface area (Å²) in [6.07, 6.45) is 1.45. The largest absolute Gasteiger partial charge is 0.377 e. The highest BCUT2D eigenvalue weighted by Gasteiger charge is 2.58. The van der Waals surface area contributed by atoms with E-state index in [1.807, 2.05) is 19.1 Å². The van der Waals surface area contributed by atoms with E-state index in [9.17, 15) is 8.42 Å². The number of hydrogen-bond acceptors (Lipinski definition) is 4. The number of fused-ring (bicyclic) bond motifs is 1. The van der Waals surface area contributed by atoms with Gasteiger partial charge in [-0.15, -0.1) is 0 Å². The standard InChI is InChI=1S/C17H26N2O3S/c1-12-4-6-13(7-5-12)23(20,21)19-10-9-18-15-14-8-11-22-16(14)17(15,2)3/h4-7,14-16,18-19H,8-11H2,1-3H3. The molecule has 2 aliphatic rings. The van der Waals surface area contributed by atoms with Gasteiger partial charge < -0.3 is 10.1 Å². The molecule has 2 fully saturated rings. The van der Waals surface area contributed by atoms with Crippen LogP contribution in [0.1, 0.15) is 25.8 Å². The van der Waals surface area contributed by atoms with Crippen molar-refractivity contribution >= 4 is 10.0 Å². The lowest BCUT2D eigenvalue weighted by Gasteiger charge is -2.55. The van der Waals surface area contributed by atoms with Gasteiger partial charge in [-0.2, -0.15) is 0 Å². The zero-order valence-corrected chi connectivity index (χ0v) is 14.8. The topological polar surface area (TPSA) is 67.4 Å². The number of sulfonamides is 1. The quantitative estimate of drug-likeness (QED) is 0.775. The molecule has 3 rings (SSSR count). The first-order valence-electron chi connectivity index (χ1n) is 8.24. The summed E-state index contributed by atoms with van der Waals surface area (Å²) in [6.45, 7) is 8.23. The fourth-order valence-electron chi connectivity index (χ4n) is 3.95. The minimum absolute atomic E-state index is 0.122. The van der Waals surface area contributed by atoms with Crippen molar-refractivity contribution in [3.8, 4) is 0 Å². The van der Waals surface area contributed by atoms with Crippen LogP contribution in [0.15, 0.2) is 29.2 Å². The molecule has 0 amide bonds. The van der Waals surface area contributed by atoms with E-state index in [0.717, 1.165) is 18.6 Å². The van der Waals surface area contributed by atoms with Crippen molar-refractivity contribution in [2.75, 3.05) is 19.7 Å². The molecule has 3 atom stereocenters. The van der Waals surface area contributed by atoms with E-state index >= 15 is 0 Å². The van der Waals surface area contributed by atoms with Crippen molar-refractivity contribution in [1.82, 2.24) is 10.0 Å². The molecular weight excluding hydrogens is 312 g/mol. The van der Waals surface area contributed by atoms with Crippen LogP contribution >= 0.6 is 0 Å². The average Bonchev–Trinajstić information content (AvgIpc) is 2.94. The van der Waals surface area contributed by atoms with Crippen LogP contribution < -0.4 is 10.0 Å². The molecule has 0 bridgehead atoms. The van der Waals surface area contributed by atoms with Gasteiger partial charge in [-0.1, -0.05) is 31.5 Å². The van der Waals surface area contributed by atoms with E-state index in [2.05, 4.69) is 23.9 Å². The van der Waals surface area contributed by atoms with Gasteiger partial charge in [-0.25, -0.2) is 13.1 Å². The molecule has 23 heavy (non-hydrogen) atoms. The highest BCUT2D eigenvalue weighted by Crippen LogP contribution is 2.51. The minimum Gasteiger partial charge on any atom is -0.377 e. The van der Waals surface area contributed by atoms with Crippen LogP contribution in [0.25, 0.3) is 0 Å². The monoisotopic (exact) mass is 338 g/mol. The Morgan fingerprint density at radius 1 is 1.22 bits per heavy atom. The van der Waals surface area contributed by atoms with Gasteiger partial charge in [-0.3, -0.25) is 0 Å². The van der Waals surface area contributed by atoms with Crippen LogP contribution in [0.3, 0.4) is 0 Å². The molecule has 1 heterocycles. The predicted octanol–water partition coefficient (Wildman–Crippen LogP) is 1.68. The van der Waals surface area contributed by atoms with E-state index in [4.69, 9.17) is 4.74 Å². The summed E-state index contributed by atoms with van der Waals surface area (Å²) >= 11 is 0. The second kappa shape index (κ2) is 6.16. The molecule has 5 nitrogen and oxygen atoms in total. The number of ether oxygens (including phenoxy) is 1. The van der Waals surface area contributed by atoms with E-state index in [-0.39, 0.29) is 5.41 Å². The first kappa shape index (κ1) is 16.9. The third-order valence-electron chi connectivity index (χ3n) is 5.21. The van der Waals surface area contributed by atoms with Gasteiger partial charge in [0.2, 0.25) is 10.0 Å². The van der Waals surface area contributed by atoms with Crippen LogP contribution in [-0.4, -0.2) is 40.3 Å². The zero-order valence-electron chi connectivity index (χ0n) is 14.0. The summed E-state index contributed by atoms with van der Waals surface area (Å²) in [7, 11) is -3.42. The maximum Gasteiger partial charge on any atom is 0.240 e. The molecule has 2 N–H and O–H groups in total. The molecule has 1 saturated carbocycles. The fraction of sp³-hybridized carbons (Fsp3) is 0.647. The van der Waals surface area contributed by atoms with Crippen molar-refractivity contribution < 1.29 is 13.2 Å². The smallest absolute Gasteiger partial charge is 0.240 e. The van der Waals surface area contributed by atoms with Crippen molar-refractivity contribution in [2.45, 2.75) is 44.2 Å². The van der Waals surface area contributed by atoms with E-state index in [0.29, 0.717) is 36.0 Å². The Labute approximate surface area is 138 Å². The average molecular weight is 338 g/mol. The van der Waals surface area contributed by atoms with Gasteiger partial charge in [0.05, 0.1) is 11.0 Å². The molecule has 1 aromatic rings. The number of hydrogen-bond donors (Lipinski definition) is 2. The fourth-order valence-corrected chi connectivity index (χ4v) is 4.98. The first-order chi connectivity index (χ1) is 10.8. The maximum atomic E-state index is 12.2. The van der Waals surface area contributed by atoms with E-state index in [1.54, 1.807) is 12.1 Å². The van der Waals surface area contributed by atoms with Gasteiger partial charge in [0.1, 0.15) is 0 Å².